The molecule has 24 heavy (non-hydrogen) atoms. The molecule has 1 atom stereocenters. The van der Waals surface area contributed by atoms with E-state index >= 15 is 0 Å². The first-order valence-electron chi connectivity index (χ1n) is 8.31. The topological polar surface area (TPSA) is 73.4 Å². The number of ether oxygens (including phenoxy) is 1. The van der Waals surface area contributed by atoms with Crippen LogP contribution in [0, 0.1) is 0 Å². The number of aromatic nitrogens is 3. The Labute approximate surface area is 141 Å². The van der Waals surface area contributed by atoms with Gasteiger partial charge in [0.15, 0.2) is 0 Å². The lowest BCUT2D eigenvalue weighted by Gasteiger charge is -2.33. The average Bonchev–Trinajstić information content (AvgIpc) is 3.18. The van der Waals surface area contributed by atoms with E-state index in [0.29, 0.717) is 13.1 Å². The van der Waals surface area contributed by atoms with E-state index in [0.717, 1.165) is 30.8 Å². The number of hydrogen-bond donors (Lipinski definition) is 0. The first-order chi connectivity index (χ1) is 11.4. The molecule has 130 valence electrons. The summed E-state index contributed by atoms with van der Waals surface area (Å²) < 4.78 is 12.2. The van der Waals surface area contributed by atoms with Gasteiger partial charge < -0.3 is 14.2 Å². The number of piperidine rings is 1. The van der Waals surface area contributed by atoms with Crippen molar-refractivity contribution in [2.75, 3.05) is 13.1 Å². The van der Waals surface area contributed by atoms with Crippen LogP contribution in [0.15, 0.2) is 29.1 Å². The Kier molecular flexibility index (Phi) is 4.59. The summed E-state index contributed by atoms with van der Waals surface area (Å²) in [5.41, 5.74) is 1.37. The van der Waals surface area contributed by atoms with Gasteiger partial charge in [0.2, 0.25) is 0 Å². The molecule has 1 amide bonds. The molecule has 1 saturated heterocycles. The Morgan fingerprint density at radius 1 is 1.42 bits per heavy atom. The summed E-state index contributed by atoms with van der Waals surface area (Å²) >= 11 is 0. The van der Waals surface area contributed by atoms with Crippen LogP contribution in [0.2, 0.25) is 0 Å². The smallest absolute Gasteiger partial charge is 0.410 e. The van der Waals surface area contributed by atoms with Crippen molar-refractivity contribution in [1.82, 2.24) is 19.8 Å². The minimum Gasteiger partial charge on any atom is -0.444 e. The van der Waals surface area contributed by atoms with Gasteiger partial charge in [-0.15, -0.1) is 0 Å². The van der Waals surface area contributed by atoms with Gasteiger partial charge in [0.05, 0.1) is 12.2 Å². The third-order valence-electron chi connectivity index (χ3n) is 3.97. The van der Waals surface area contributed by atoms with Crippen molar-refractivity contribution in [3.63, 3.8) is 0 Å². The van der Waals surface area contributed by atoms with Crippen LogP contribution >= 0.6 is 0 Å². The van der Waals surface area contributed by atoms with E-state index in [1.165, 1.54) is 0 Å². The molecule has 3 rings (SSSR count). The monoisotopic (exact) mass is 332 g/mol. The molecule has 3 heterocycles. The van der Waals surface area contributed by atoms with Gasteiger partial charge in [-0.2, -0.15) is 5.10 Å². The number of nitrogens with zero attached hydrogens (tertiary/aromatic N) is 4. The molecule has 7 heteroatoms. The number of carbonyl (C=O) groups excluding carboxylic acids is 1. The van der Waals surface area contributed by atoms with Gasteiger partial charge in [-0.3, -0.25) is 4.68 Å². The van der Waals surface area contributed by atoms with Crippen LogP contribution in [-0.2, 0) is 11.3 Å². The van der Waals surface area contributed by atoms with Crippen molar-refractivity contribution >= 4 is 6.09 Å². The largest absolute Gasteiger partial charge is 0.444 e. The SMILES string of the molecule is CC(C)(C)OC(=O)N1CCCC(c2ccn(Cc3ccon3)n2)C1. The zero-order valence-corrected chi connectivity index (χ0v) is 14.4. The highest BCUT2D eigenvalue weighted by molar-refractivity contribution is 5.68. The predicted octanol–water partition coefficient (Wildman–Crippen LogP) is 3.03. The van der Waals surface area contributed by atoms with Crippen molar-refractivity contribution in [2.24, 2.45) is 0 Å². The first-order valence-corrected chi connectivity index (χ1v) is 8.31. The Hall–Kier alpha value is -2.31. The molecule has 7 nitrogen and oxygen atoms in total. The zero-order chi connectivity index (χ0) is 17.2. The van der Waals surface area contributed by atoms with Gasteiger partial charge in [-0.25, -0.2) is 4.79 Å². The Bertz CT molecular complexity index is 672. The zero-order valence-electron chi connectivity index (χ0n) is 14.4. The molecule has 0 N–H and O–H groups in total. The van der Waals surface area contributed by atoms with E-state index in [2.05, 4.69) is 10.3 Å². The summed E-state index contributed by atoms with van der Waals surface area (Å²) in [7, 11) is 0. The van der Waals surface area contributed by atoms with Gasteiger partial charge in [-0.1, -0.05) is 5.16 Å². The van der Waals surface area contributed by atoms with Gasteiger partial charge >= 0.3 is 6.09 Å². The van der Waals surface area contributed by atoms with Crippen LogP contribution in [0.3, 0.4) is 0 Å². The number of amides is 1. The maximum absolute atomic E-state index is 12.3. The first kappa shape index (κ1) is 16.5. The van der Waals surface area contributed by atoms with Crippen LogP contribution in [0.4, 0.5) is 4.79 Å². The summed E-state index contributed by atoms with van der Waals surface area (Å²) in [6, 6.07) is 3.84. The molecule has 1 aliphatic heterocycles. The second kappa shape index (κ2) is 6.67. The van der Waals surface area contributed by atoms with E-state index in [4.69, 9.17) is 9.26 Å². The molecule has 0 spiro atoms. The minimum atomic E-state index is -0.469. The van der Waals surface area contributed by atoms with E-state index < -0.39 is 5.60 Å². The number of likely N-dealkylation sites (tertiary alicyclic amines) is 1. The standard InChI is InChI=1S/C17H24N4O3/c1-17(2,3)24-16(22)20-8-4-5-13(11-20)15-6-9-21(18-15)12-14-7-10-23-19-14/h6-7,9-10,13H,4-5,8,11-12H2,1-3H3. The van der Waals surface area contributed by atoms with Crippen molar-refractivity contribution in [1.29, 1.82) is 0 Å². The highest BCUT2D eigenvalue weighted by Crippen LogP contribution is 2.26. The molecule has 1 aliphatic rings. The van der Waals surface area contributed by atoms with E-state index in [1.807, 2.05) is 43.8 Å². The molecule has 2 aromatic heterocycles. The highest BCUT2D eigenvalue weighted by atomic mass is 16.6. The summed E-state index contributed by atoms with van der Waals surface area (Å²) in [6.07, 6.45) is 5.24. The maximum Gasteiger partial charge on any atom is 0.410 e. The van der Waals surface area contributed by atoms with E-state index in [1.54, 1.807) is 11.2 Å². The fourth-order valence-corrected chi connectivity index (χ4v) is 2.88. The summed E-state index contributed by atoms with van der Waals surface area (Å²) in [4.78, 5) is 14.1. The summed E-state index contributed by atoms with van der Waals surface area (Å²) in [5.74, 6) is 0.241. The highest BCUT2D eigenvalue weighted by Gasteiger charge is 2.29. The lowest BCUT2D eigenvalue weighted by Crippen LogP contribution is -2.42. The molecule has 0 bridgehead atoms. The molecular formula is C17H24N4O3. The Morgan fingerprint density at radius 2 is 2.25 bits per heavy atom. The van der Waals surface area contributed by atoms with Crippen LogP contribution in [0.1, 0.15) is 50.9 Å². The normalized spacial score (nSPS) is 18.6. The lowest BCUT2D eigenvalue weighted by atomic mass is 9.95. The number of rotatable bonds is 3. The Morgan fingerprint density at radius 3 is 2.96 bits per heavy atom. The molecule has 0 aliphatic carbocycles. The van der Waals surface area contributed by atoms with Crippen molar-refractivity contribution in [3.05, 3.63) is 36.0 Å². The quantitative estimate of drug-likeness (QED) is 0.864. The van der Waals surface area contributed by atoms with E-state index in [-0.39, 0.29) is 12.0 Å². The van der Waals surface area contributed by atoms with Gasteiger partial charge in [0.25, 0.3) is 0 Å². The second-order valence-corrected chi connectivity index (χ2v) is 7.19. The average molecular weight is 332 g/mol. The van der Waals surface area contributed by atoms with Gasteiger partial charge in [0.1, 0.15) is 17.6 Å². The molecule has 1 fully saturated rings. The van der Waals surface area contributed by atoms with E-state index in [9.17, 15) is 4.79 Å². The summed E-state index contributed by atoms with van der Waals surface area (Å²) in [5, 5.41) is 8.53. The number of carbonyl (C=O) groups is 1. The fraction of sp³-hybridized carbons (Fsp3) is 0.588. The fourth-order valence-electron chi connectivity index (χ4n) is 2.88. The predicted molar refractivity (Wildman–Crippen MR) is 87.6 cm³/mol. The van der Waals surface area contributed by atoms with Crippen molar-refractivity contribution in [2.45, 2.75) is 51.7 Å². The molecular weight excluding hydrogens is 308 g/mol. The molecule has 0 radical (unpaired) electrons. The van der Waals surface area contributed by atoms with Crippen LogP contribution in [0.5, 0.6) is 0 Å². The number of hydrogen-bond acceptors (Lipinski definition) is 5. The third kappa shape index (κ3) is 4.15. The maximum atomic E-state index is 12.3. The van der Waals surface area contributed by atoms with Gasteiger partial charge in [0, 0.05) is 31.3 Å². The van der Waals surface area contributed by atoms with Gasteiger partial charge in [-0.05, 0) is 39.7 Å². The molecule has 0 saturated carbocycles. The van der Waals surface area contributed by atoms with Crippen LogP contribution in [-0.4, -0.2) is 44.6 Å². The van der Waals surface area contributed by atoms with Crippen LogP contribution < -0.4 is 0 Å². The summed E-state index contributed by atoms with van der Waals surface area (Å²) in [6.45, 7) is 7.63. The molecule has 0 aromatic carbocycles. The second-order valence-electron chi connectivity index (χ2n) is 7.19. The minimum absolute atomic E-state index is 0.241. The molecule has 1 unspecified atom stereocenters. The van der Waals surface area contributed by atoms with Crippen molar-refractivity contribution < 1.29 is 14.1 Å². The third-order valence-corrected chi connectivity index (χ3v) is 3.97. The van der Waals surface area contributed by atoms with Crippen LogP contribution in [0.25, 0.3) is 0 Å². The molecule has 2 aromatic rings. The van der Waals surface area contributed by atoms with Crippen molar-refractivity contribution in [3.8, 4) is 0 Å². The Balaban J connectivity index is 1.62. The lowest BCUT2D eigenvalue weighted by molar-refractivity contribution is 0.0197.